The third-order valence-electron chi connectivity index (χ3n) is 6.81. The Bertz CT molecular complexity index is 1770. The molecule has 0 saturated carbocycles. The molecule has 40 heavy (non-hydrogen) atoms. The van der Waals surface area contributed by atoms with Gasteiger partial charge in [0, 0.05) is 47.0 Å². The van der Waals surface area contributed by atoms with Crippen molar-refractivity contribution in [2.45, 2.75) is 43.4 Å². The van der Waals surface area contributed by atoms with E-state index in [9.17, 15) is 18.3 Å². The average molecular weight is 562 g/mol. The Kier molecular flexibility index (Phi) is 7.61. The van der Waals surface area contributed by atoms with Crippen LogP contribution in [-0.2, 0) is 16.6 Å². The molecule has 3 aromatic carbocycles. The monoisotopic (exact) mass is 561 g/mol. The zero-order valence-electron chi connectivity index (χ0n) is 22.2. The van der Waals surface area contributed by atoms with Crippen LogP contribution in [0.5, 0.6) is 0 Å². The molecule has 11 heteroatoms. The highest BCUT2D eigenvalue weighted by Gasteiger charge is 2.20. The molecular weight excluding hydrogens is 530 g/mol. The number of benzene rings is 3. The van der Waals surface area contributed by atoms with Crippen molar-refractivity contribution >= 4 is 26.6 Å². The Morgan fingerprint density at radius 3 is 2.60 bits per heavy atom. The summed E-state index contributed by atoms with van der Waals surface area (Å²) in [6, 6.07) is 22.8. The summed E-state index contributed by atoms with van der Waals surface area (Å²) in [5.74, 6) is -0.268. The molecule has 208 valence electrons. The second-order valence-corrected chi connectivity index (χ2v) is 12.0. The summed E-state index contributed by atoms with van der Waals surface area (Å²) < 4.78 is 34.7. The molecule has 4 N–H and O–H groups in total. The summed E-state index contributed by atoms with van der Waals surface area (Å²) in [5, 5.41) is 17.8. The molecule has 5 rings (SSSR count). The molecule has 2 heterocycles. The van der Waals surface area contributed by atoms with Crippen LogP contribution < -0.4 is 15.8 Å². The molecule has 0 aliphatic heterocycles. The van der Waals surface area contributed by atoms with E-state index in [4.69, 9.17) is 0 Å². The number of aliphatic hydroxyl groups excluding tert-OH is 1. The van der Waals surface area contributed by atoms with Crippen LogP contribution in [0.1, 0.15) is 31.9 Å². The van der Waals surface area contributed by atoms with Gasteiger partial charge in [-0.05, 0) is 74.4 Å². The van der Waals surface area contributed by atoms with Gasteiger partial charge in [-0.15, -0.1) is 0 Å². The average Bonchev–Trinajstić information content (AvgIpc) is 3.56. The van der Waals surface area contributed by atoms with Gasteiger partial charge in [0.05, 0.1) is 11.0 Å². The van der Waals surface area contributed by atoms with Crippen molar-refractivity contribution in [1.82, 2.24) is 20.0 Å². The minimum atomic E-state index is -3.72. The SMILES string of the molecule is CC(C)(CCn1ccc2cc(-c3nc(=O)o[nH]3)ccc21)NCC(O)c1cccc(NS(=O)(=O)c2ccccc2)c1. The molecule has 5 aromatic rings. The number of fused-ring (bicyclic) bond motifs is 1. The summed E-state index contributed by atoms with van der Waals surface area (Å²) in [6.45, 7) is 5.20. The number of H-pyrrole nitrogens is 1. The smallest absolute Gasteiger partial charge is 0.387 e. The minimum Gasteiger partial charge on any atom is -0.387 e. The largest absolute Gasteiger partial charge is 0.460 e. The Morgan fingerprint density at radius 2 is 1.85 bits per heavy atom. The Labute approximate surface area is 231 Å². The van der Waals surface area contributed by atoms with Crippen LogP contribution in [-0.4, -0.2) is 40.3 Å². The van der Waals surface area contributed by atoms with E-state index in [1.165, 1.54) is 12.1 Å². The van der Waals surface area contributed by atoms with Gasteiger partial charge in [0.2, 0.25) is 0 Å². The topological polar surface area (TPSA) is 142 Å². The Balaban J connectivity index is 1.18. The lowest BCUT2D eigenvalue weighted by atomic mass is 9.99. The van der Waals surface area contributed by atoms with E-state index in [-0.39, 0.29) is 10.4 Å². The molecule has 2 aromatic heterocycles. The molecule has 0 saturated heterocycles. The molecule has 0 aliphatic rings. The molecule has 1 unspecified atom stereocenters. The summed E-state index contributed by atoms with van der Waals surface area (Å²) in [4.78, 5) is 15.2. The van der Waals surface area contributed by atoms with Crippen LogP contribution in [0.3, 0.4) is 0 Å². The van der Waals surface area contributed by atoms with E-state index >= 15 is 0 Å². The number of hydrogen-bond acceptors (Lipinski definition) is 7. The van der Waals surface area contributed by atoms with Crippen molar-refractivity contribution in [3.8, 4) is 11.4 Å². The molecule has 10 nitrogen and oxygen atoms in total. The number of aryl methyl sites for hydroxylation is 1. The van der Waals surface area contributed by atoms with E-state index in [1.54, 1.807) is 42.5 Å². The van der Waals surface area contributed by atoms with Crippen LogP contribution in [0.15, 0.2) is 99.3 Å². The van der Waals surface area contributed by atoms with Gasteiger partial charge in [-0.3, -0.25) is 4.72 Å². The van der Waals surface area contributed by atoms with Gasteiger partial charge in [0.15, 0.2) is 5.82 Å². The van der Waals surface area contributed by atoms with Crippen molar-refractivity contribution in [2.75, 3.05) is 11.3 Å². The number of aromatic amines is 1. The lowest BCUT2D eigenvalue weighted by molar-refractivity contribution is 0.158. The van der Waals surface area contributed by atoms with Crippen molar-refractivity contribution in [3.63, 3.8) is 0 Å². The summed E-state index contributed by atoms with van der Waals surface area (Å²) in [5.41, 5.74) is 2.53. The van der Waals surface area contributed by atoms with E-state index < -0.39 is 21.9 Å². The van der Waals surface area contributed by atoms with Gasteiger partial charge in [-0.1, -0.05) is 30.3 Å². The minimum absolute atomic E-state index is 0.173. The van der Waals surface area contributed by atoms with Gasteiger partial charge in [-0.25, -0.2) is 13.2 Å². The lowest BCUT2D eigenvalue weighted by Gasteiger charge is -2.28. The number of rotatable bonds is 11. The van der Waals surface area contributed by atoms with Crippen molar-refractivity contribution in [3.05, 3.63) is 101 Å². The number of nitrogens with zero attached hydrogens (tertiary/aromatic N) is 2. The van der Waals surface area contributed by atoms with Gasteiger partial charge in [0.25, 0.3) is 10.0 Å². The number of hydrogen-bond donors (Lipinski definition) is 4. The predicted molar refractivity (Wildman–Crippen MR) is 153 cm³/mol. The van der Waals surface area contributed by atoms with Crippen molar-refractivity contribution < 1.29 is 18.0 Å². The highest BCUT2D eigenvalue weighted by molar-refractivity contribution is 7.92. The standard InChI is InChI=1S/C29H31N5O5S/c1-29(2,14-16-34-15-13-20-17-22(11-12-25(20)34)27-31-28(36)39-32-27)30-19-26(35)21-7-6-8-23(18-21)33-40(37,38)24-9-4-3-5-10-24/h3-13,15,17-18,26,30,33,35H,14,16,19H2,1-2H3,(H,31,32,36). The first kappa shape index (κ1) is 27.4. The Hall–Kier alpha value is -4.19. The van der Waals surface area contributed by atoms with Gasteiger partial charge in [0.1, 0.15) is 0 Å². The number of anilines is 1. The second kappa shape index (κ2) is 11.1. The summed E-state index contributed by atoms with van der Waals surface area (Å²) in [7, 11) is -3.72. The van der Waals surface area contributed by atoms with Crippen molar-refractivity contribution in [2.24, 2.45) is 0 Å². The van der Waals surface area contributed by atoms with Gasteiger partial charge in [-0.2, -0.15) is 10.1 Å². The number of β-amino-alcohol motifs (C(OH)–C–C–N with tert-alkyl or cyclic N) is 1. The fourth-order valence-corrected chi connectivity index (χ4v) is 5.57. The van der Waals surface area contributed by atoms with Gasteiger partial charge < -0.3 is 19.5 Å². The molecule has 0 aliphatic carbocycles. The molecular formula is C29H31N5O5S. The third kappa shape index (κ3) is 6.33. The van der Waals surface area contributed by atoms with Crippen LogP contribution in [0.25, 0.3) is 22.3 Å². The zero-order valence-corrected chi connectivity index (χ0v) is 23.0. The van der Waals surface area contributed by atoms with E-state index in [1.807, 2.05) is 30.5 Å². The molecule has 0 spiro atoms. The third-order valence-corrected chi connectivity index (χ3v) is 8.21. The van der Waals surface area contributed by atoms with E-state index in [2.05, 4.69) is 43.1 Å². The fraction of sp³-hybridized carbons (Fsp3) is 0.241. The lowest BCUT2D eigenvalue weighted by Crippen LogP contribution is -2.42. The number of aromatic nitrogens is 3. The predicted octanol–water partition coefficient (Wildman–Crippen LogP) is 4.28. The normalized spacial score (nSPS) is 13.0. The van der Waals surface area contributed by atoms with Crippen LogP contribution in [0.2, 0.25) is 0 Å². The number of nitrogens with one attached hydrogen (secondary N) is 3. The zero-order chi connectivity index (χ0) is 28.3. The quantitative estimate of drug-likeness (QED) is 0.189. The molecule has 0 fully saturated rings. The first-order valence-corrected chi connectivity index (χ1v) is 14.3. The maximum absolute atomic E-state index is 12.7. The molecule has 1 atom stereocenters. The highest BCUT2D eigenvalue weighted by atomic mass is 32.2. The van der Waals surface area contributed by atoms with Crippen molar-refractivity contribution in [1.29, 1.82) is 0 Å². The second-order valence-electron chi connectivity index (χ2n) is 10.3. The van der Waals surface area contributed by atoms with Crippen LogP contribution in [0, 0.1) is 0 Å². The molecule has 0 amide bonds. The number of aliphatic hydroxyl groups is 1. The van der Waals surface area contributed by atoms with E-state index in [0.717, 1.165) is 29.4 Å². The molecule has 0 bridgehead atoms. The van der Waals surface area contributed by atoms with Crippen LogP contribution >= 0.6 is 0 Å². The first-order valence-electron chi connectivity index (χ1n) is 12.9. The van der Waals surface area contributed by atoms with Crippen LogP contribution in [0.4, 0.5) is 5.69 Å². The molecule has 0 radical (unpaired) electrons. The fourth-order valence-electron chi connectivity index (χ4n) is 4.50. The Morgan fingerprint density at radius 1 is 1.05 bits per heavy atom. The first-order chi connectivity index (χ1) is 19.1. The van der Waals surface area contributed by atoms with E-state index in [0.29, 0.717) is 23.6 Å². The summed E-state index contributed by atoms with van der Waals surface area (Å²) >= 11 is 0. The maximum Gasteiger partial charge on any atom is 0.460 e. The summed E-state index contributed by atoms with van der Waals surface area (Å²) in [6.07, 6.45) is 1.99. The maximum atomic E-state index is 12.7. The number of sulfonamides is 1. The highest BCUT2D eigenvalue weighted by Crippen LogP contribution is 2.25. The van der Waals surface area contributed by atoms with Gasteiger partial charge >= 0.3 is 5.76 Å².